The molecule has 1 amide bonds. The summed E-state index contributed by atoms with van der Waals surface area (Å²) in [7, 11) is 1.26. The lowest BCUT2D eigenvalue weighted by molar-refractivity contribution is -0.142. The minimum Gasteiger partial charge on any atom is -0.467 e. The molecule has 0 saturated heterocycles. The number of hydrogen-bond donors (Lipinski definition) is 2. The van der Waals surface area contributed by atoms with E-state index in [4.69, 9.17) is 15.2 Å². The molecule has 4 rings (SSSR count). The maximum Gasteiger partial charge on any atom is 0.408 e. The second kappa shape index (κ2) is 9.02. The molecule has 3 N–H and O–H groups in total. The minimum atomic E-state index is -0.934. The smallest absolute Gasteiger partial charge is 0.408 e. The second-order valence-electron chi connectivity index (χ2n) is 8.97. The van der Waals surface area contributed by atoms with E-state index < -0.39 is 23.7 Å². The number of amides is 1. The fourth-order valence-electron chi connectivity index (χ4n) is 4.00. The van der Waals surface area contributed by atoms with Gasteiger partial charge in [0.25, 0.3) is 0 Å². The largest absolute Gasteiger partial charge is 0.467 e. The zero-order valence-electron chi connectivity index (χ0n) is 19.4. The zero-order chi connectivity index (χ0) is 24.6. The van der Waals surface area contributed by atoms with Crippen LogP contribution in [0.2, 0.25) is 0 Å². The number of ketones is 1. The van der Waals surface area contributed by atoms with Crippen LogP contribution in [0.1, 0.15) is 36.7 Å². The first-order valence-corrected chi connectivity index (χ1v) is 11.8. The average Bonchev–Trinajstić information content (AvgIpc) is 2.80. The van der Waals surface area contributed by atoms with Crippen molar-refractivity contribution in [3.05, 3.63) is 59.7 Å². The number of carbonyl (C=O) groups is 3. The quantitative estimate of drug-likeness (QED) is 0.241. The van der Waals surface area contributed by atoms with Gasteiger partial charge >= 0.3 is 12.1 Å². The van der Waals surface area contributed by atoms with Crippen molar-refractivity contribution >= 4 is 46.1 Å². The number of thioether (sulfide) groups is 1. The van der Waals surface area contributed by atoms with Crippen LogP contribution in [-0.4, -0.2) is 42.4 Å². The van der Waals surface area contributed by atoms with E-state index in [1.165, 1.54) is 18.9 Å². The Labute approximate surface area is 202 Å². The number of hydrogen-bond acceptors (Lipinski definition) is 7. The highest BCUT2D eigenvalue weighted by molar-refractivity contribution is 7.99. The van der Waals surface area contributed by atoms with E-state index in [1.54, 1.807) is 20.8 Å². The molecule has 0 bridgehead atoms. The Morgan fingerprint density at radius 3 is 2.38 bits per heavy atom. The second-order valence-corrected chi connectivity index (χ2v) is 10.0. The van der Waals surface area contributed by atoms with Crippen molar-refractivity contribution in [2.75, 3.05) is 18.6 Å². The fraction of sp³-hybridized carbons (Fsp3) is 0.269. The van der Waals surface area contributed by atoms with Crippen molar-refractivity contribution < 1.29 is 23.9 Å². The molecule has 0 spiro atoms. The van der Waals surface area contributed by atoms with Crippen LogP contribution in [0.25, 0.3) is 21.9 Å². The average molecular weight is 479 g/mol. The number of methoxy groups -OCH3 is 1. The molecule has 1 aliphatic carbocycles. The Kier molecular flexibility index (Phi) is 6.27. The van der Waals surface area contributed by atoms with Gasteiger partial charge in [-0.05, 0) is 38.0 Å². The summed E-state index contributed by atoms with van der Waals surface area (Å²) in [4.78, 5) is 38.4. The van der Waals surface area contributed by atoms with Crippen molar-refractivity contribution in [3.63, 3.8) is 0 Å². The number of benzene rings is 3. The summed E-state index contributed by atoms with van der Waals surface area (Å²) in [5.41, 5.74) is 9.34. The molecule has 1 aliphatic rings. The molecule has 0 radical (unpaired) electrons. The topological polar surface area (TPSA) is 108 Å². The van der Waals surface area contributed by atoms with Gasteiger partial charge in [0.15, 0.2) is 5.78 Å². The predicted octanol–water partition coefficient (Wildman–Crippen LogP) is 4.79. The van der Waals surface area contributed by atoms with Gasteiger partial charge < -0.3 is 20.5 Å². The Morgan fingerprint density at radius 2 is 1.71 bits per heavy atom. The number of ether oxygens (including phenoxy) is 2. The number of anilines is 1. The van der Waals surface area contributed by atoms with Gasteiger partial charge in [-0.1, -0.05) is 42.5 Å². The molecule has 7 nitrogen and oxygen atoms in total. The lowest BCUT2D eigenvalue weighted by Crippen LogP contribution is -2.45. The Morgan fingerprint density at radius 1 is 1.03 bits per heavy atom. The van der Waals surface area contributed by atoms with Crippen molar-refractivity contribution in [2.45, 2.75) is 37.3 Å². The van der Waals surface area contributed by atoms with Crippen LogP contribution in [0.4, 0.5) is 10.5 Å². The van der Waals surface area contributed by atoms with E-state index in [9.17, 15) is 14.4 Å². The first-order chi connectivity index (χ1) is 16.1. The summed E-state index contributed by atoms with van der Waals surface area (Å²) in [6.45, 7) is 5.23. The normalized spacial score (nSPS) is 13.2. The van der Waals surface area contributed by atoms with Crippen LogP contribution in [-0.2, 0) is 14.3 Å². The van der Waals surface area contributed by atoms with Gasteiger partial charge in [-0.3, -0.25) is 4.79 Å². The summed E-state index contributed by atoms with van der Waals surface area (Å²) >= 11 is 1.33. The molecule has 0 aliphatic heterocycles. The van der Waals surface area contributed by atoms with E-state index >= 15 is 0 Å². The molecule has 34 heavy (non-hydrogen) atoms. The fourth-order valence-corrected chi connectivity index (χ4v) is 5.03. The third-order valence-corrected chi connectivity index (χ3v) is 6.60. The standard InChI is InChI=1S/C26H26N2O5S/c1-26(2,3)33-25(31)28-19(24(30)32-4)13-34-20-12-18-14-8-5-6-9-15(14)23(29)17-11-7-10-16(21(17)18)22(20)27/h5-12,19H,13,27H2,1-4H3,(H,28,31)/t19-/m0/s1. The number of alkyl carbamates (subject to hydrolysis) is 1. The van der Waals surface area contributed by atoms with Gasteiger partial charge in [-0.15, -0.1) is 11.8 Å². The molecule has 0 unspecified atom stereocenters. The van der Waals surface area contributed by atoms with Crippen LogP contribution in [0.3, 0.4) is 0 Å². The number of rotatable bonds is 5. The van der Waals surface area contributed by atoms with Gasteiger partial charge in [-0.25, -0.2) is 9.59 Å². The lowest BCUT2D eigenvalue weighted by Gasteiger charge is -2.24. The third-order valence-electron chi connectivity index (χ3n) is 5.45. The van der Waals surface area contributed by atoms with Crippen molar-refractivity contribution in [1.82, 2.24) is 5.32 Å². The molecule has 176 valence electrons. The van der Waals surface area contributed by atoms with E-state index in [0.29, 0.717) is 16.8 Å². The van der Waals surface area contributed by atoms with E-state index in [2.05, 4.69) is 5.32 Å². The molecule has 0 heterocycles. The van der Waals surface area contributed by atoms with Crippen LogP contribution in [0.5, 0.6) is 0 Å². The number of nitrogen functional groups attached to an aromatic ring is 1. The molecule has 8 heteroatoms. The lowest BCUT2D eigenvalue weighted by atomic mass is 9.82. The SMILES string of the molecule is COC(=O)[C@H](CSc1cc2c3c(cccc3c1N)C(=O)c1ccccc1-2)NC(=O)OC(C)(C)C. The van der Waals surface area contributed by atoms with Crippen molar-refractivity contribution in [2.24, 2.45) is 0 Å². The first-order valence-electron chi connectivity index (χ1n) is 10.8. The van der Waals surface area contributed by atoms with Crippen molar-refractivity contribution in [3.8, 4) is 11.1 Å². The monoisotopic (exact) mass is 478 g/mol. The summed E-state index contributed by atoms with van der Waals surface area (Å²) in [6.07, 6.45) is -0.706. The Hall–Kier alpha value is -3.52. The first kappa shape index (κ1) is 23.6. The summed E-state index contributed by atoms with van der Waals surface area (Å²) in [6, 6.07) is 14.0. The van der Waals surface area contributed by atoms with Gasteiger partial charge in [-0.2, -0.15) is 0 Å². The van der Waals surface area contributed by atoms with Crippen LogP contribution < -0.4 is 11.1 Å². The number of carbonyl (C=O) groups excluding carboxylic acids is 3. The summed E-state index contributed by atoms with van der Waals surface area (Å²) in [5, 5.41) is 4.18. The number of nitrogens with two attached hydrogens (primary N) is 1. The number of esters is 1. The van der Waals surface area contributed by atoms with E-state index in [-0.39, 0.29) is 11.5 Å². The van der Waals surface area contributed by atoms with Gasteiger partial charge in [0, 0.05) is 32.5 Å². The Balaban J connectivity index is 1.70. The number of nitrogens with one attached hydrogen (secondary N) is 1. The highest BCUT2D eigenvalue weighted by atomic mass is 32.2. The molecular weight excluding hydrogens is 452 g/mol. The maximum atomic E-state index is 13.1. The van der Waals surface area contributed by atoms with Gasteiger partial charge in [0.05, 0.1) is 12.8 Å². The van der Waals surface area contributed by atoms with Crippen LogP contribution in [0, 0.1) is 0 Å². The van der Waals surface area contributed by atoms with Crippen LogP contribution >= 0.6 is 11.8 Å². The molecular formula is C26H26N2O5S. The molecule has 0 saturated carbocycles. The third kappa shape index (κ3) is 4.46. The summed E-state index contributed by atoms with van der Waals surface area (Å²) < 4.78 is 10.1. The zero-order valence-corrected chi connectivity index (χ0v) is 20.2. The minimum absolute atomic E-state index is 0.0270. The molecule has 0 fully saturated rings. The maximum absolute atomic E-state index is 13.1. The Bertz CT molecular complexity index is 1310. The molecule has 3 aromatic carbocycles. The van der Waals surface area contributed by atoms with E-state index in [1.807, 2.05) is 48.5 Å². The highest BCUT2D eigenvalue weighted by Gasteiger charge is 2.28. The summed E-state index contributed by atoms with van der Waals surface area (Å²) in [5.74, 6) is -0.431. The van der Waals surface area contributed by atoms with Gasteiger partial charge in [0.2, 0.25) is 0 Å². The number of fused-ring (bicyclic) bond motifs is 2. The van der Waals surface area contributed by atoms with Crippen LogP contribution in [0.15, 0.2) is 53.4 Å². The van der Waals surface area contributed by atoms with E-state index in [0.717, 1.165) is 26.8 Å². The highest BCUT2D eigenvalue weighted by Crippen LogP contribution is 2.45. The molecule has 1 atom stereocenters. The molecule has 3 aromatic rings. The van der Waals surface area contributed by atoms with Crippen molar-refractivity contribution in [1.29, 1.82) is 0 Å². The molecule has 0 aromatic heterocycles. The van der Waals surface area contributed by atoms with Gasteiger partial charge in [0.1, 0.15) is 11.6 Å². The predicted molar refractivity (Wildman–Crippen MR) is 133 cm³/mol.